The standard InChI is InChI=1S/C25H36N2O2/c1-3-5-7-8-9-10-11-12-13-21-19-26-24(27-20-21)22-14-16-23(17-15-22)25(28)29-18-6-4-2/h14-17,19-20H,3-13,18H2,1-2H3. The summed E-state index contributed by atoms with van der Waals surface area (Å²) in [6, 6.07) is 7.32. The first-order valence-corrected chi connectivity index (χ1v) is 11.3. The fourth-order valence-corrected chi connectivity index (χ4v) is 3.24. The lowest BCUT2D eigenvalue weighted by Crippen LogP contribution is -2.06. The summed E-state index contributed by atoms with van der Waals surface area (Å²) in [5.74, 6) is 0.419. The van der Waals surface area contributed by atoms with Crippen molar-refractivity contribution in [3.05, 3.63) is 47.8 Å². The van der Waals surface area contributed by atoms with Crippen molar-refractivity contribution in [1.82, 2.24) is 9.97 Å². The molecule has 0 radical (unpaired) electrons. The van der Waals surface area contributed by atoms with Gasteiger partial charge in [-0.1, -0.05) is 77.3 Å². The van der Waals surface area contributed by atoms with Crippen LogP contribution in [0.5, 0.6) is 0 Å². The molecule has 0 fully saturated rings. The number of nitrogens with zero attached hydrogens (tertiary/aromatic N) is 2. The first-order valence-electron chi connectivity index (χ1n) is 11.3. The third kappa shape index (κ3) is 8.76. The summed E-state index contributed by atoms with van der Waals surface area (Å²) in [5.41, 5.74) is 2.67. The van der Waals surface area contributed by atoms with E-state index in [1.807, 2.05) is 24.5 Å². The molecule has 0 bridgehead atoms. The molecular formula is C25H36N2O2. The van der Waals surface area contributed by atoms with Gasteiger partial charge in [0.05, 0.1) is 12.2 Å². The Morgan fingerprint density at radius 3 is 2.00 bits per heavy atom. The molecule has 0 atom stereocenters. The van der Waals surface area contributed by atoms with E-state index in [-0.39, 0.29) is 5.97 Å². The predicted molar refractivity (Wildman–Crippen MR) is 119 cm³/mol. The van der Waals surface area contributed by atoms with Crippen LogP contribution in [-0.2, 0) is 11.2 Å². The van der Waals surface area contributed by atoms with Crippen molar-refractivity contribution >= 4 is 5.97 Å². The molecule has 0 amide bonds. The van der Waals surface area contributed by atoms with Gasteiger partial charge >= 0.3 is 5.97 Å². The zero-order chi connectivity index (χ0) is 20.7. The number of aryl methyl sites for hydroxylation is 1. The Labute approximate surface area is 176 Å². The Morgan fingerprint density at radius 2 is 1.38 bits per heavy atom. The van der Waals surface area contributed by atoms with E-state index in [0.29, 0.717) is 18.0 Å². The average molecular weight is 397 g/mol. The van der Waals surface area contributed by atoms with Crippen LogP contribution < -0.4 is 0 Å². The molecule has 29 heavy (non-hydrogen) atoms. The SMILES string of the molecule is CCCCCCCCCCc1cnc(-c2ccc(C(=O)OCCCC)cc2)nc1. The lowest BCUT2D eigenvalue weighted by Gasteiger charge is -2.06. The molecule has 0 aliphatic heterocycles. The number of ether oxygens (including phenoxy) is 1. The highest BCUT2D eigenvalue weighted by molar-refractivity contribution is 5.89. The zero-order valence-corrected chi connectivity index (χ0v) is 18.2. The quantitative estimate of drug-likeness (QED) is 0.261. The molecule has 4 nitrogen and oxygen atoms in total. The number of carbonyl (C=O) groups is 1. The topological polar surface area (TPSA) is 52.1 Å². The molecule has 2 aromatic rings. The lowest BCUT2D eigenvalue weighted by molar-refractivity contribution is 0.0500. The van der Waals surface area contributed by atoms with Gasteiger partial charge in [0, 0.05) is 18.0 Å². The monoisotopic (exact) mass is 396 g/mol. The maximum atomic E-state index is 12.0. The highest BCUT2D eigenvalue weighted by Gasteiger charge is 2.08. The number of esters is 1. The minimum atomic E-state index is -0.272. The van der Waals surface area contributed by atoms with Crippen molar-refractivity contribution in [2.75, 3.05) is 6.61 Å². The maximum absolute atomic E-state index is 12.0. The molecule has 1 aromatic carbocycles. The third-order valence-corrected chi connectivity index (χ3v) is 5.13. The number of carbonyl (C=O) groups excluding carboxylic acids is 1. The Morgan fingerprint density at radius 1 is 0.793 bits per heavy atom. The summed E-state index contributed by atoms with van der Waals surface area (Å²) in [7, 11) is 0. The van der Waals surface area contributed by atoms with Gasteiger partial charge in [-0.05, 0) is 37.0 Å². The number of aromatic nitrogens is 2. The van der Waals surface area contributed by atoms with E-state index in [4.69, 9.17) is 4.74 Å². The maximum Gasteiger partial charge on any atom is 0.338 e. The highest BCUT2D eigenvalue weighted by atomic mass is 16.5. The average Bonchev–Trinajstić information content (AvgIpc) is 2.76. The van der Waals surface area contributed by atoms with Gasteiger partial charge in [0.15, 0.2) is 5.82 Å². The molecule has 1 aromatic heterocycles. The Bertz CT molecular complexity index is 696. The molecular weight excluding hydrogens is 360 g/mol. The third-order valence-electron chi connectivity index (χ3n) is 5.13. The van der Waals surface area contributed by atoms with Crippen molar-refractivity contribution in [2.24, 2.45) is 0 Å². The molecule has 0 unspecified atom stereocenters. The Hall–Kier alpha value is -2.23. The smallest absolute Gasteiger partial charge is 0.338 e. The molecule has 2 rings (SSSR count). The van der Waals surface area contributed by atoms with Crippen LogP contribution in [0.1, 0.15) is 94.0 Å². The predicted octanol–water partition coefficient (Wildman–Crippen LogP) is 6.78. The van der Waals surface area contributed by atoms with Crippen LogP contribution in [0.15, 0.2) is 36.7 Å². The van der Waals surface area contributed by atoms with Crippen LogP contribution in [0.25, 0.3) is 11.4 Å². The first kappa shape index (κ1) is 23.1. The fraction of sp³-hybridized carbons (Fsp3) is 0.560. The Balaban J connectivity index is 1.74. The number of benzene rings is 1. The summed E-state index contributed by atoms with van der Waals surface area (Å²) in [5, 5.41) is 0. The van der Waals surface area contributed by atoms with Crippen molar-refractivity contribution in [3.8, 4) is 11.4 Å². The molecule has 0 N–H and O–H groups in total. The van der Waals surface area contributed by atoms with E-state index in [9.17, 15) is 4.79 Å². The van der Waals surface area contributed by atoms with Gasteiger partial charge < -0.3 is 4.74 Å². The molecule has 0 aliphatic carbocycles. The van der Waals surface area contributed by atoms with Crippen molar-refractivity contribution < 1.29 is 9.53 Å². The normalized spacial score (nSPS) is 10.8. The van der Waals surface area contributed by atoms with E-state index < -0.39 is 0 Å². The molecule has 0 aliphatic rings. The second-order valence-corrected chi connectivity index (χ2v) is 7.71. The van der Waals surface area contributed by atoms with Crippen molar-refractivity contribution in [2.45, 2.75) is 84.5 Å². The summed E-state index contributed by atoms with van der Waals surface area (Å²) in [6.45, 7) is 4.80. The minimum absolute atomic E-state index is 0.272. The van der Waals surface area contributed by atoms with E-state index in [0.717, 1.165) is 24.8 Å². The molecule has 158 valence electrons. The van der Waals surface area contributed by atoms with Crippen molar-refractivity contribution in [3.63, 3.8) is 0 Å². The number of rotatable bonds is 14. The second kappa shape index (κ2) is 13.9. The van der Waals surface area contributed by atoms with E-state index in [1.165, 1.54) is 56.9 Å². The number of hydrogen-bond donors (Lipinski definition) is 0. The molecule has 1 heterocycles. The minimum Gasteiger partial charge on any atom is -0.462 e. The fourth-order valence-electron chi connectivity index (χ4n) is 3.24. The largest absolute Gasteiger partial charge is 0.462 e. The number of hydrogen-bond acceptors (Lipinski definition) is 4. The van der Waals surface area contributed by atoms with Crippen LogP contribution in [0.3, 0.4) is 0 Å². The van der Waals surface area contributed by atoms with Gasteiger partial charge in [-0.2, -0.15) is 0 Å². The van der Waals surface area contributed by atoms with Crippen LogP contribution in [0.2, 0.25) is 0 Å². The van der Waals surface area contributed by atoms with Gasteiger partial charge in [-0.3, -0.25) is 0 Å². The van der Waals surface area contributed by atoms with Gasteiger partial charge in [-0.15, -0.1) is 0 Å². The van der Waals surface area contributed by atoms with Gasteiger partial charge in [0.2, 0.25) is 0 Å². The van der Waals surface area contributed by atoms with E-state index in [1.54, 1.807) is 12.1 Å². The highest BCUT2D eigenvalue weighted by Crippen LogP contribution is 2.17. The second-order valence-electron chi connectivity index (χ2n) is 7.71. The van der Waals surface area contributed by atoms with Crippen LogP contribution in [0.4, 0.5) is 0 Å². The molecule has 4 heteroatoms. The number of unbranched alkanes of at least 4 members (excludes halogenated alkanes) is 8. The van der Waals surface area contributed by atoms with Crippen LogP contribution >= 0.6 is 0 Å². The molecule has 0 spiro atoms. The summed E-state index contributed by atoms with van der Waals surface area (Å²) in [6.07, 6.45) is 17.4. The molecule has 0 saturated heterocycles. The summed E-state index contributed by atoms with van der Waals surface area (Å²) in [4.78, 5) is 21.0. The first-order chi connectivity index (χ1) is 14.2. The lowest BCUT2D eigenvalue weighted by atomic mass is 10.1. The zero-order valence-electron chi connectivity index (χ0n) is 18.2. The van der Waals surface area contributed by atoms with E-state index >= 15 is 0 Å². The van der Waals surface area contributed by atoms with E-state index in [2.05, 4.69) is 23.8 Å². The van der Waals surface area contributed by atoms with Gasteiger partial charge in [-0.25, -0.2) is 14.8 Å². The summed E-state index contributed by atoms with van der Waals surface area (Å²) < 4.78 is 5.24. The van der Waals surface area contributed by atoms with Crippen molar-refractivity contribution in [1.29, 1.82) is 0 Å². The van der Waals surface area contributed by atoms with Gasteiger partial charge in [0.1, 0.15) is 0 Å². The molecule has 0 saturated carbocycles. The van der Waals surface area contributed by atoms with Gasteiger partial charge in [0.25, 0.3) is 0 Å². The van der Waals surface area contributed by atoms with Crippen LogP contribution in [0, 0.1) is 0 Å². The summed E-state index contributed by atoms with van der Waals surface area (Å²) >= 11 is 0. The van der Waals surface area contributed by atoms with Crippen LogP contribution in [-0.4, -0.2) is 22.5 Å². The Kier molecular flexibility index (Phi) is 11.0.